The minimum absolute atomic E-state index is 0.0343. The van der Waals surface area contributed by atoms with E-state index in [4.69, 9.17) is 4.99 Å². The van der Waals surface area contributed by atoms with Crippen LogP contribution in [-0.4, -0.2) is 49.6 Å². The molecule has 0 atom stereocenters. The first-order chi connectivity index (χ1) is 15.9. The number of benzene rings is 1. The highest BCUT2D eigenvalue weighted by atomic mass is 19.1. The molecule has 4 heterocycles. The summed E-state index contributed by atoms with van der Waals surface area (Å²) in [5.41, 5.74) is 1.10. The van der Waals surface area contributed by atoms with Crippen LogP contribution in [0.2, 0.25) is 0 Å². The molecular weight excluding hydrogens is 426 g/mol. The van der Waals surface area contributed by atoms with E-state index >= 15 is 4.39 Å². The number of fused-ring (bicyclic) bond motifs is 2. The van der Waals surface area contributed by atoms with E-state index < -0.39 is 11.6 Å². The molecule has 33 heavy (non-hydrogen) atoms. The summed E-state index contributed by atoms with van der Waals surface area (Å²) in [7, 11) is 0. The third kappa shape index (κ3) is 3.44. The van der Waals surface area contributed by atoms with Crippen molar-refractivity contribution in [1.29, 1.82) is 0 Å². The van der Waals surface area contributed by atoms with Crippen molar-refractivity contribution >= 4 is 17.7 Å². The van der Waals surface area contributed by atoms with E-state index in [1.807, 2.05) is 24.9 Å². The SMILES string of the molecule is C=Cc1ncc2n1CCN(C1=NCN(C(C)C)c3nc(-c4c(O)cccc4F)c(F)cc31)C2. The Kier molecular flexibility index (Phi) is 5.11. The highest BCUT2D eigenvalue weighted by molar-refractivity contribution is 6.04. The van der Waals surface area contributed by atoms with Gasteiger partial charge in [-0.3, -0.25) is 0 Å². The normalized spacial score (nSPS) is 15.4. The van der Waals surface area contributed by atoms with Crippen LogP contribution >= 0.6 is 0 Å². The molecule has 1 aromatic carbocycles. The maximum atomic E-state index is 15.3. The Hall–Kier alpha value is -3.75. The summed E-state index contributed by atoms with van der Waals surface area (Å²) < 4.78 is 31.9. The predicted molar refractivity (Wildman–Crippen MR) is 123 cm³/mol. The molecule has 0 fully saturated rings. The highest BCUT2D eigenvalue weighted by Crippen LogP contribution is 2.37. The molecule has 9 heteroatoms. The maximum Gasteiger partial charge on any atom is 0.150 e. The summed E-state index contributed by atoms with van der Waals surface area (Å²) in [6, 6.07) is 5.25. The van der Waals surface area contributed by atoms with E-state index in [0.717, 1.165) is 11.5 Å². The fraction of sp³-hybridized carbons (Fsp3) is 0.292. The number of hydrogen-bond donors (Lipinski definition) is 1. The van der Waals surface area contributed by atoms with Gasteiger partial charge in [0.25, 0.3) is 0 Å². The van der Waals surface area contributed by atoms with Gasteiger partial charge < -0.3 is 19.5 Å². The molecule has 0 bridgehead atoms. The molecule has 0 saturated carbocycles. The van der Waals surface area contributed by atoms with Gasteiger partial charge in [-0.1, -0.05) is 12.6 Å². The lowest BCUT2D eigenvalue weighted by molar-refractivity contribution is 0.334. The van der Waals surface area contributed by atoms with Crippen LogP contribution in [0.4, 0.5) is 14.6 Å². The summed E-state index contributed by atoms with van der Waals surface area (Å²) in [4.78, 5) is 17.7. The third-order valence-corrected chi connectivity index (χ3v) is 6.09. The largest absolute Gasteiger partial charge is 0.507 e. The Bertz CT molecular complexity index is 1260. The van der Waals surface area contributed by atoms with Crippen LogP contribution in [0.15, 0.2) is 42.0 Å². The Balaban J connectivity index is 1.60. The molecule has 2 aliphatic heterocycles. The minimum atomic E-state index is -0.732. The number of pyridine rings is 1. The minimum Gasteiger partial charge on any atom is -0.507 e. The van der Waals surface area contributed by atoms with Gasteiger partial charge in [0.05, 0.1) is 29.6 Å². The van der Waals surface area contributed by atoms with Crippen molar-refractivity contribution in [1.82, 2.24) is 19.4 Å². The number of aliphatic imine (C=N–C) groups is 1. The van der Waals surface area contributed by atoms with Gasteiger partial charge in [-0.25, -0.2) is 23.7 Å². The predicted octanol–water partition coefficient (Wildman–Crippen LogP) is 4.02. The molecule has 0 amide bonds. The summed E-state index contributed by atoms with van der Waals surface area (Å²) in [6.07, 6.45) is 3.54. The van der Waals surface area contributed by atoms with E-state index in [9.17, 15) is 9.50 Å². The zero-order valence-corrected chi connectivity index (χ0v) is 18.5. The van der Waals surface area contributed by atoms with Gasteiger partial charge in [0.1, 0.15) is 41.4 Å². The number of nitrogens with zero attached hydrogens (tertiary/aromatic N) is 6. The molecule has 7 nitrogen and oxygen atoms in total. The molecule has 170 valence electrons. The van der Waals surface area contributed by atoms with Gasteiger partial charge in [-0.05, 0) is 38.1 Å². The molecule has 2 aromatic heterocycles. The van der Waals surface area contributed by atoms with E-state index in [-0.39, 0.29) is 23.0 Å². The number of hydrogen-bond acceptors (Lipinski definition) is 6. The van der Waals surface area contributed by atoms with Crippen molar-refractivity contribution in [2.45, 2.75) is 33.0 Å². The van der Waals surface area contributed by atoms with Crippen molar-refractivity contribution in [3.05, 3.63) is 65.8 Å². The van der Waals surface area contributed by atoms with Crippen LogP contribution in [0.3, 0.4) is 0 Å². The molecule has 0 aliphatic carbocycles. The molecule has 0 spiro atoms. The first-order valence-electron chi connectivity index (χ1n) is 10.8. The number of imidazole rings is 1. The summed E-state index contributed by atoms with van der Waals surface area (Å²) in [6.45, 7) is 10.1. The zero-order chi connectivity index (χ0) is 23.3. The second kappa shape index (κ2) is 7.99. The topological polar surface area (TPSA) is 69.8 Å². The Labute approximate surface area is 190 Å². The first-order valence-corrected chi connectivity index (χ1v) is 10.8. The molecule has 5 rings (SSSR count). The number of amidine groups is 1. The van der Waals surface area contributed by atoms with Crippen molar-refractivity contribution in [2.24, 2.45) is 4.99 Å². The van der Waals surface area contributed by atoms with Crippen LogP contribution in [-0.2, 0) is 13.1 Å². The molecule has 0 saturated heterocycles. The fourth-order valence-corrected chi connectivity index (χ4v) is 4.41. The second-order valence-electron chi connectivity index (χ2n) is 8.40. The monoisotopic (exact) mass is 450 g/mol. The number of phenols is 1. The number of aromatic nitrogens is 3. The molecule has 1 N–H and O–H groups in total. The van der Waals surface area contributed by atoms with Gasteiger partial charge >= 0.3 is 0 Å². The highest BCUT2D eigenvalue weighted by Gasteiger charge is 2.31. The van der Waals surface area contributed by atoms with Crippen molar-refractivity contribution < 1.29 is 13.9 Å². The third-order valence-electron chi connectivity index (χ3n) is 6.09. The molecule has 0 radical (unpaired) electrons. The quantitative estimate of drug-likeness (QED) is 0.653. The zero-order valence-electron chi connectivity index (χ0n) is 18.5. The second-order valence-corrected chi connectivity index (χ2v) is 8.40. The molecule has 2 aliphatic rings. The number of anilines is 1. The number of rotatable bonds is 3. The van der Waals surface area contributed by atoms with E-state index in [2.05, 4.69) is 26.0 Å². The van der Waals surface area contributed by atoms with Crippen LogP contribution < -0.4 is 4.90 Å². The van der Waals surface area contributed by atoms with Gasteiger partial charge in [0.15, 0.2) is 5.82 Å². The van der Waals surface area contributed by atoms with Crippen molar-refractivity contribution in [3.63, 3.8) is 0 Å². The standard InChI is InChI=1S/C24H24F2N6O/c1-4-20-27-11-15-12-30(8-9-31(15)20)23-16-10-18(26)22(21-17(25)6-5-7-19(21)33)29-24(16)32(13-28-23)14(2)3/h4-7,10-11,14,33H,1,8-9,12-13H2,2-3H3. The number of phenolic OH excluding ortho intramolecular Hbond substituents is 1. The van der Waals surface area contributed by atoms with E-state index in [1.54, 1.807) is 6.08 Å². The van der Waals surface area contributed by atoms with Gasteiger partial charge in [-0.2, -0.15) is 0 Å². The Morgan fingerprint density at radius 1 is 1.18 bits per heavy atom. The van der Waals surface area contributed by atoms with Crippen LogP contribution in [0.25, 0.3) is 17.3 Å². The fourth-order valence-electron chi connectivity index (χ4n) is 4.41. The number of halogens is 2. The molecule has 0 unspecified atom stereocenters. The van der Waals surface area contributed by atoms with Crippen LogP contribution in [0, 0.1) is 11.6 Å². The smallest absolute Gasteiger partial charge is 0.150 e. The lowest BCUT2D eigenvalue weighted by atomic mass is 10.0. The summed E-state index contributed by atoms with van der Waals surface area (Å²) >= 11 is 0. The van der Waals surface area contributed by atoms with Gasteiger partial charge in [0.2, 0.25) is 0 Å². The first kappa shape index (κ1) is 21.1. The van der Waals surface area contributed by atoms with E-state index in [0.29, 0.717) is 43.5 Å². The molecule has 3 aromatic rings. The lowest BCUT2D eigenvalue weighted by Crippen LogP contribution is -2.44. The van der Waals surface area contributed by atoms with Crippen LogP contribution in [0.1, 0.15) is 30.9 Å². The average Bonchev–Trinajstić information content (AvgIpc) is 3.20. The Morgan fingerprint density at radius 2 is 2.00 bits per heavy atom. The van der Waals surface area contributed by atoms with Gasteiger partial charge in [0, 0.05) is 19.1 Å². The average molecular weight is 450 g/mol. The number of aromatic hydroxyl groups is 1. The van der Waals surface area contributed by atoms with Gasteiger partial charge in [-0.15, -0.1) is 0 Å². The molecular formula is C24H24F2N6O. The van der Waals surface area contributed by atoms with Crippen molar-refractivity contribution in [2.75, 3.05) is 18.1 Å². The summed E-state index contributed by atoms with van der Waals surface area (Å²) in [5, 5.41) is 10.2. The Morgan fingerprint density at radius 3 is 2.73 bits per heavy atom. The maximum absolute atomic E-state index is 15.3. The van der Waals surface area contributed by atoms with Crippen LogP contribution in [0.5, 0.6) is 5.75 Å². The lowest BCUT2D eigenvalue weighted by Gasteiger charge is -2.37. The van der Waals surface area contributed by atoms with Crippen molar-refractivity contribution in [3.8, 4) is 17.0 Å². The summed E-state index contributed by atoms with van der Waals surface area (Å²) in [5.74, 6) is 0.172. The van der Waals surface area contributed by atoms with E-state index in [1.165, 1.54) is 24.3 Å².